The van der Waals surface area contributed by atoms with Gasteiger partial charge in [0.2, 0.25) is 0 Å². The second kappa shape index (κ2) is 9.40. The fourth-order valence-corrected chi connectivity index (χ4v) is 2.27. The van der Waals surface area contributed by atoms with Crippen LogP contribution in [0.1, 0.15) is 12.5 Å². The van der Waals surface area contributed by atoms with E-state index in [0.29, 0.717) is 23.7 Å². The minimum atomic E-state index is -0.718. The first-order chi connectivity index (χ1) is 13.4. The lowest BCUT2D eigenvalue weighted by molar-refractivity contribution is -0.143. The molecule has 1 fully saturated rings. The highest BCUT2D eigenvalue weighted by Gasteiger charge is 2.35. The lowest BCUT2D eigenvalue weighted by Crippen LogP contribution is -2.36. The number of imide groups is 1. The molecule has 3 amide bonds. The number of hydrogen-bond acceptors (Lipinski definition) is 8. The molecular formula is C18H20N2O8. The van der Waals surface area contributed by atoms with Crippen LogP contribution < -0.4 is 14.8 Å². The lowest BCUT2D eigenvalue weighted by atomic mass is 10.1. The van der Waals surface area contributed by atoms with E-state index in [1.807, 2.05) is 0 Å². The number of ether oxygens (including phenoxy) is 4. The first-order valence-corrected chi connectivity index (χ1v) is 8.27. The minimum Gasteiger partial charge on any atom is -0.490 e. The molecule has 1 aliphatic heterocycles. The summed E-state index contributed by atoms with van der Waals surface area (Å²) in [6.07, 6.45) is 1.43. The Morgan fingerprint density at radius 2 is 1.79 bits per heavy atom. The molecule has 0 spiro atoms. The second-order valence-electron chi connectivity index (χ2n) is 5.46. The molecule has 0 bridgehead atoms. The van der Waals surface area contributed by atoms with Gasteiger partial charge in [-0.1, -0.05) is 6.07 Å². The van der Waals surface area contributed by atoms with Gasteiger partial charge < -0.3 is 24.3 Å². The number of amides is 3. The standard InChI is InChI=1S/C18H20N2O8/c1-4-27-14-8-11(5-6-13(14)28-10-16(22)26-3)7-12-17(23)20(18(24)19-12)9-15(21)25-2/h5-8H,4,9-10H2,1-3H3,(H,19,24)/b12-7+. The summed E-state index contributed by atoms with van der Waals surface area (Å²) in [6, 6.07) is 4.05. The highest BCUT2D eigenvalue weighted by molar-refractivity contribution is 6.15. The molecule has 1 aromatic rings. The Morgan fingerprint density at radius 1 is 1.07 bits per heavy atom. The molecule has 1 N–H and O–H groups in total. The van der Waals surface area contributed by atoms with E-state index < -0.39 is 30.4 Å². The summed E-state index contributed by atoms with van der Waals surface area (Å²) >= 11 is 0. The average Bonchev–Trinajstić information content (AvgIpc) is 2.94. The number of nitrogens with zero attached hydrogens (tertiary/aromatic N) is 1. The largest absolute Gasteiger partial charge is 0.490 e. The smallest absolute Gasteiger partial charge is 0.343 e. The summed E-state index contributed by atoms with van der Waals surface area (Å²) < 4.78 is 19.8. The zero-order chi connectivity index (χ0) is 20.7. The summed E-state index contributed by atoms with van der Waals surface area (Å²) in [6.45, 7) is 1.36. The number of benzene rings is 1. The van der Waals surface area contributed by atoms with Crippen molar-refractivity contribution in [2.75, 3.05) is 34.0 Å². The second-order valence-corrected chi connectivity index (χ2v) is 5.46. The van der Waals surface area contributed by atoms with Gasteiger partial charge in [0.15, 0.2) is 18.1 Å². The molecule has 150 valence electrons. The normalized spacial score (nSPS) is 14.7. The van der Waals surface area contributed by atoms with Crippen molar-refractivity contribution >= 4 is 30.0 Å². The Labute approximate surface area is 161 Å². The van der Waals surface area contributed by atoms with Crippen LogP contribution in [-0.4, -0.2) is 62.8 Å². The van der Waals surface area contributed by atoms with Gasteiger partial charge in [-0.3, -0.25) is 9.59 Å². The average molecular weight is 392 g/mol. The van der Waals surface area contributed by atoms with Crippen molar-refractivity contribution in [2.45, 2.75) is 6.92 Å². The molecular weight excluding hydrogens is 372 g/mol. The van der Waals surface area contributed by atoms with E-state index in [1.54, 1.807) is 25.1 Å². The van der Waals surface area contributed by atoms with Crippen molar-refractivity contribution < 1.29 is 38.1 Å². The molecule has 0 atom stereocenters. The predicted octanol–water partition coefficient (Wildman–Crippen LogP) is 0.703. The van der Waals surface area contributed by atoms with Crippen LogP contribution in [0.5, 0.6) is 11.5 Å². The Balaban J connectivity index is 2.21. The van der Waals surface area contributed by atoms with Crippen LogP contribution in [0, 0.1) is 0 Å². The maximum atomic E-state index is 12.3. The van der Waals surface area contributed by atoms with Crippen molar-refractivity contribution in [3.8, 4) is 11.5 Å². The number of rotatable bonds is 8. The van der Waals surface area contributed by atoms with E-state index in [0.717, 1.165) is 12.0 Å². The molecule has 10 nitrogen and oxygen atoms in total. The lowest BCUT2D eigenvalue weighted by Gasteiger charge is -2.12. The number of methoxy groups -OCH3 is 2. The number of nitrogens with one attached hydrogen (secondary N) is 1. The van der Waals surface area contributed by atoms with E-state index in [1.165, 1.54) is 13.2 Å². The van der Waals surface area contributed by atoms with Gasteiger partial charge in [0, 0.05) is 0 Å². The first-order valence-electron chi connectivity index (χ1n) is 8.27. The van der Waals surface area contributed by atoms with Gasteiger partial charge in [0.05, 0.1) is 20.8 Å². The maximum Gasteiger partial charge on any atom is 0.343 e. The summed E-state index contributed by atoms with van der Waals surface area (Å²) in [5.74, 6) is -1.24. The molecule has 1 aromatic carbocycles. The van der Waals surface area contributed by atoms with Gasteiger partial charge in [-0.05, 0) is 30.7 Å². The molecule has 0 aliphatic carbocycles. The van der Waals surface area contributed by atoms with Crippen LogP contribution in [-0.2, 0) is 23.9 Å². The van der Waals surface area contributed by atoms with Crippen LogP contribution in [0.4, 0.5) is 4.79 Å². The number of esters is 2. The molecule has 28 heavy (non-hydrogen) atoms. The van der Waals surface area contributed by atoms with Gasteiger partial charge in [0.1, 0.15) is 12.2 Å². The highest BCUT2D eigenvalue weighted by atomic mass is 16.6. The quantitative estimate of drug-likeness (QED) is 0.390. The zero-order valence-corrected chi connectivity index (χ0v) is 15.6. The molecule has 0 aromatic heterocycles. The Bertz CT molecular complexity index is 818. The molecule has 1 aliphatic rings. The van der Waals surface area contributed by atoms with Gasteiger partial charge >= 0.3 is 18.0 Å². The van der Waals surface area contributed by atoms with Crippen LogP contribution >= 0.6 is 0 Å². The number of carbonyl (C=O) groups excluding carboxylic acids is 4. The Kier molecular flexibility index (Phi) is 6.96. The van der Waals surface area contributed by atoms with Crippen LogP contribution in [0.25, 0.3) is 6.08 Å². The Hall–Kier alpha value is -3.56. The highest BCUT2D eigenvalue weighted by Crippen LogP contribution is 2.29. The molecule has 0 radical (unpaired) electrons. The molecule has 1 saturated heterocycles. The van der Waals surface area contributed by atoms with Crippen molar-refractivity contribution in [3.05, 3.63) is 29.5 Å². The fourth-order valence-electron chi connectivity index (χ4n) is 2.27. The van der Waals surface area contributed by atoms with E-state index in [4.69, 9.17) is 9.47 Å². The monoisotopic (exact) mass is 392 g/mol. The first kappa shape index (κ1) is 20.7. The van der Waals surface area contributed by atoms with E-state index in [-0.39, 0.29) is 12.3 Å². The topological polar surface area (TPSA) is 120 Å². The summed E-state index contributed by atoms with van der Waals surface area (Å²) in [5.41, 5.74) is 0.539. The summed E-state index contributed by atoms with van der Waals surface area (Å²) in [5, 5.41) is 2.40. The van der Waals surface area contributed by atoms with Gasteiger partial charge in [0.25, 0.3) is 5.91 Å². The van der Waals surface area contributed by atoms with E-state index in [2.05, 4.69) is 14.8 Å². The third-order valence-electron chi connectivity index (χ3n) is 3.63. The third-order valence-corrected chi connectivity index (χ3v) is 3.63. The molecule has 1 heterocycles. The molecule has 2 rings (SSSR count). The van der Waals surface area contributed by atoms with Crippen molar-refractivity contribution in [3.63, 3.8) is 0 Å². The van der Waals surface area contributed by atoms with Gasteiger partial charge in [-0.25, -0.2) is 14.5 Å². The molecule has 0 unspecified atom stereocenters. The number of carbonyl (C=O) groups is 4. The maximum absolute atomic E-state index is 12.3. The number of urea groups is 1. The van der Waals surface area contributed by atoms with Crippen molar-refractivity contribution in [2.24, 2.45) is 0 Å². The van der Waals surface area contributed by atoms with Crippen LogP contribution in [0.3, 0.4) is 0 Å². The van der Waals surface area contributed by atoms with Crippen molar-refractivity contribution in [1.29, 1.82) is 0 Å². The fraction of sp³-hybridized carbons (Fsp3) is 0.333. The van der Waals surface area contributed by atoms with E-state index >= 15 is 0 Å². The minimum absolute atomic E-state index is 0.000388. The summed E-state index contributed by atoms with van der Waals surface area (Å²) in [7, 11) is 2.41. The molecule has 10 heteroatoms. The SMILES string of the molecule is CCOc1cc(/C=C2/NC(=O)N(CC(=O)OC)C2=O)ccc1OCC(=O)OC. The number of hydrogen-bond donors (Lipinski definition) is 1. The van der Waals surface area contributed by atoms with Gasteiger partial charge in [-0.2, -0.15) is 0 Å². The third kappa shape index (κ3) is 5.00. The van der Waals surface area contributed by atoms with Gasteiger partial charge in [-0.15, -0.1) is 0 Å². The Morgan fingerprint density at radius 3 is 2.43 bits per heavy atom. The van der Waals surface area contributed by atoms with Crippen molar-refractivity contribution in [1.82, 2.24) is 10.2 Å². The van der Waals surface area contributed by atoms with E-state index in [9.17, 15) is 19.2 Å². The molecule has 0 saturated carbocycles. The van der Waals surface area contributed by atoms with Crippen LogP contribution in [0.2, 0.25) is 0 Å². The predicted molar refractivity (Wildman–Crippen MR) is 95.4 cm³/mol. The zero-order valence-electron chi connectivity index (χ0n) is 15.6. The van der Waals surface area contributed by atoms with Crippen LogP contribution in [0.15, 0.2) is 23.9 Å². The summed E-state index contributed by atoms with van der Waals surface area (Å²) in [4.78, 5) is 47.5.